The molecule has 0 saturated carbocycles. The van der Waals surface area contributed by atoms with Crippen LogP contribution in [0.5, 0.6) is 5.75 Å². The zero-order valence-electron chi connectivity index (χ0n) is 22.9. The van der Waals surface area contributed by atoms with Gasteiger partial charge >= 0.3 is 5.97 Å². The van der Waals surface area contributed by atoms with Gasteiger partial charge in [0.05, 0.1) is 23.7 Å². The molecule has 3 aromatic rings. The summed E-state index contributed by atoms with van der Waals surface area (Å²) >= 11 is 13.0. The van der Waals surface area contributed by atoms with Crippen LogP contribution in [0.15, 0.2) is 48.5 Å². The van der Waals surface area contributed by atoms with Gasteiger partial charge in [-0.3, -0.25) is 9.59 Å². The Balaban J connectivity index is 2.06. The van der Waals surface area contributed by atoms with E-state index in [4.69, 9.17) is 32.9 Å². The number of rotatable bonds is 12. The third-order valence-electron chi connectivity index (χ3n) is 6.27. The van der Waals surface area contributed by atoms with Gasteiger partial charge in [-0.1, -0.05) is 54.7 Å². The Morgan fingerprint density at radius 3 is 2.41 bits per heavy atom. The molecule has 0 aliphatic carbocycles. The number of benzene rings is 2. The molecule has 7 nitrogen and oxygen atoms in total. The lowest BCUT2D eigenvalue weighted by molar-refractivity contribution is -0.137. The molecule has 1 heterocycles. The Kier molecular flexibility index (Phi) is 10.7. The molecule has 0 radical (unpaired) electrons. The van der Waals surface area contributed by atoms with E-state index in [-0.39, 0.29) is 18.0 Å². The summed E-state index contributed by atoms with van der Waals surface area (Å²) in [5, 5.41) is 13.1. The van der Waals surface area contributed by atoms with E-state index in [1.54, 1.807) is 12.1 Å². The van der Waals surface area contributed by atoms with E-state index < -0.39 is 17.9 Å². The molecule has 208 valence electrons. The SMILES string of the molecule is Cc1ccc(Cl)c(-c2ccc(C(=O)N[C@@H](CC(=O)O)C(C)C)nc2-c2ccc(Cl)c(OCCCN(C)C)c2)c1. The zero-order chi connectivity index (χ0) is 28.7. The topological polar surface area (TPSA) is 91.8 Å². The molecular formula is C30H35Cl2N3O4. The third-order valence-corrected chi connectivity index (χ3v) is 6.91. The molecule has 0 saturated heterocycles. The number of carbonyl (C=O) groups excluding carboxylic acids is 1. The fourth-order valence-corrected chi connectivity index (χ4v) is 4.47. The zero-order valence-corrected chi connectivity index (χ0v) is 24.4. The monoisotopic (exact) mass is 571 g/mol. The van der Waals surface area contributed by atoms with Crippen LogP contribution in [0.2, 0.25) is 10.0 Å². The molecule has 2 N–H and O–H groups in total. The second-order valence-corrected chi connectivity index (χ2v) is 11.0. The normalized spacial score (nSPS) is 12.0. The first-order valence-corrected chi connectivity index (χ1v) is 13.6. The Labute approximate surface area is 240 Å². The lowest BCUT2D eigenvalue weighted by Crippen LogP contribution is -2.40. The van der Waals surface area contributed by atoms with E-state index >= 15 is 0 Å². The number of aliphatic carboxylic acids is 1. The van der Waals surface area contributed by atoms with Crippen LogP contribution in [0.25, 0.3) is 22.4 Å². The van der Waals surface area contributed by atoms with Crippen molar-refractivity contribution < 1.29 is 19.4 Å². The highest BCUT2D eigenvalue weighted by atomic mass is 35.5. The van der Waals surface area contributed by atoms with Crippen molar-refractivity contribution in [2.45, 2.75) is 39.7 Å². The Morgan fingerprint density at radius 1 is 1.03 bits per heavy atom. The fraction of sp³-hybridized carbons (Fsp3) is 0.367. The van der Waals surface area contributed by atoms with Crippen molar-refractivity contribution in [3.05, 3.63) is 69.8 Å². The number of carboxylic acid groups (broad SMARTS) is 1. The van der Waals surface area contributed by atoms with E-state index in [2.05, 4.69) is 10.2 Å². The standard InChI is InChI=1S/C30H35Cl2N3O4/c1-18(2)26(17-28(36)37)34-30(38)25-12-9-21(22-15-19(3)7-10-23(22)31)29(33-25)20-8-11-24(32)27(16-20)39-14-6-13-35(4)5/h7-12,15-16,18,26H,6,13-14,17H2,1-5H3,(H,34,38)(H,36,37)/t26-/m0/s1. The average molecular weight is 573 g/mol. The molecule has 2 aromatic carbocycles. The molecule has 1 amide bonds. The Bertz CT molecular complexity index is 1330. The van der Waals surface area contributed by atoms with Crippen LogP contribution in [-0.2, 0) is 4.79 Å². The maximum absolute atomic E-state index is 13.2. The molecule has 0 aliphatic rings. The van der Waals surface area contributed by atoms with E-state index in [0.29, 0.717) is 33.7 Å². The first kappa shape index (κ1) is 30.4. The number of pyridine rings is 1. The van der Waals surface area contributed by atoms with Crippen LogP contribution in [0.3, 0.4) is 0 Å². The summed E-state index contributed by atoms with van der Waals surface area (Å²) in [7, 11) is 4.01. The molecule has 1 atom stereocenters. The summed E-state index contributed by atoms with van der Waals surface area (Å²) in [6.07, 6.45) is 0.651. The van der Waals surface area contributed by atoms with Gasteiger partial charge in [0.2, 0.25) is 0 Å². The molecular weight excluding hydrogens is 537 g/mol. The van der Waals surface area contributed by atoms with Gasteiger partial charge in [0.25, 0.3) is 5.91 Å². The van der Waals surface area contributed by atoms with Crippen molar-refractivity contribution >= 4 is 35.1 Å². The first-order valence-electron chi connectivity index (χ1n) is 12.8. The van der Waals surface area contributed by atoms with Gasteiger partial charge in [0.1, 0.15) is 11.4 Å². The number of aromatic nitrogens is 1. The van der Waals surface area contributed by atoms with Crippen molar-refractivity contribution in [1.29, 1.82) is 0 Å². The van der Waals surface area contributed by atoms with Gasteiger partial charge in [-0.2, -0.15) is 0 Å². The molecule has 0 fully saturated rings. The highest BCUT2D eigenvalue weighted by Crippen LogP contribution is 2.38. The maximum Gasteiger partial charge on any atom is 0.305 e. The van der Waals surface area contributed by atoms with Gasteiger partial charge in [0.15, 0.2) is 0 Å². The molecule has 9 heteroatoms. The number of hydrogen-bond acceptors (Lipinski definition) is 5. The predicted octanol–water partition coefficient (Wildman–Crippen LogP) is 6.59. The quantitative estimate of drug-likeness (QED) is 0.238. The second kappa shape index (κ2) is 13.8. The van der Waals surface area contributed by atoms with Gasteiger partial charge in [0, 0.05) is 34.3 Å². The van der Waals surface area contributed by atoms with Gasteiger partial charge in [-0.25, -0.2) is 4.98 Å². The van der Waals surface area contributed by atoms with Crippen molar-refractivity contribution in [3.8, 4) is 28.1 Å². The number of aryl methyl sites for hydroxylation is 1. The molecule has 0 aliphatic heterocycles. The van der Waals surface area contributed by atoms with Crippen LogP contribution in [0.1, 0.15) is 42.7 Å². The smallest absolute Gasteiger partial charge is 0.305 e. The summed E-state index contributed by atoms with van der Waals surface area (Å²) in [6, 6.07) is 14.0. The van der Waals surface area contributed by atoms with E-state index in [1.165, 1.54) is 0 Å². The van der Waals surface area contributed by atoms with Crippen LogP contribution in [-0.4, -0.2) is 60.2 Å². The predicted molar refractivity (Wildman–Crippen MR) is 157 cm³/mol. The second-order valence-electron chi connectivity index (χ2n) is 10.1. The number of ether oxygens (including phenoxy) is 1. The van der Waals surface area contributed by atoms with Crippen LogP contribution >= 0.6 is 23.2 Å². The maximum atomic E-state index is 13.2. The summed E-state index contributed by atoms with van der Waals surface area (Å²) in [5.41, 5.74) is 3.95. The summed E-state index contributed by atoms with van der Waals surface area (Å²) in [4.78, 5) is 31.3. The number of nitrogens with one attached hydrogen (secondary N) is 1. The van der Waals surface area contributed by atoms with Crippen molar-refractivity contribution in [1.82, 2.24) is 15.2 Å². The first-order chi connectivity index (χ1) is 18.5. The summed E-state index contributed by atoms with van der Waals surface area (Å²) in [5.74, 6) is -0.982. The third kappa shape index (κ3) is 8.43. The minimum Gasteiger partial charge on any atom is -0.492 e. The Morgan fingerprint density at radius 2 is 1.74 bits per heavy atom. The fourth-order valence-electron chi connectivity index (χ4n) is 4.08. The lowest BCUT2D eigenvalue weighted by Gasteiger charge is -2.21. The molecule has 0 unspecified atom stereocenters. The number of halogens is 2. The molecule has 0 bridgehead atoms. The molecule has 1 aromatic heterocycles. The number of carboxylic acids is 1. The average Bonchev–Trinajstić information content (AvgIpc) is 2.87. The number of nitrogens with zero attached hydrogens (tertiary/aromatic N) is 2. The van der Waals surface area contributed by atoms with E-state index in [9.17, 15) is 14.7 Å². The van der Waals surface area contributed by atoms with Crippen LogP contribution in [0.4, 0.5) is 0 Å². The summed E-state index contributed by atoms with van der Waals surface area (Å²) < 4.78 is 5.98. The number of hydrogen-bond donors (Lipinski definition) is 2. The minimum atomic E-state index is -0.980. The highest BCUT2D eigenvalue weighted by Gasteiger charge is 2.23. The van der Waals surface area contributed by atoms with Crippen molar-refractivity contribution in [3.63, 3.8) is 0 Å². The summed E-state index contributed by atoms with van der Waals surface area (Å²) in [6.45, 7) is 7.08. The number of carbonyl (C=O) groups is 2. The van der Waals surface area contributed by atoms with Gasteiger partial charge < -0.3 is 20.1 Å². The molecule has 39 heavy (non-hydrogen) atoms. The van der Waals surface area contributed by atoms with E-state index in [1.807, 2.05) is 71.3 Å². The van der Waals surface area contributed by atoms with E-state index in [0.717, 1.165) is 29.7 Å². The van der Waals surface area contributed by atoms with Crippen LogP contribution in [0, 0.1) is 12.8 Å². The largest absolute Gasteiger partial charge is 0.492 e. The Hall–Kier alpha value is -3.13. The minimum absolute atomic E-state index is 0.0710. The molecule has 3 rings (SSSR count). The van der Waals surface area contributed by atoms with Crippen molar-refractivity contribution in [2.24, 2.45) is 5.92 Å². The highest BCUT2D eigenvalue weighted by molar-refractivity contribution is 6.33. The van der Waals surface area contributed by atoms with Gasteiger partial charge in [-0.05, 0) is 69.8 Å². The van der Waals surface area contributed by atoms with Crippen molar-refractivity contribution in [2.75, 3.05) is 27.2 Å². The number of amides is 1. The van der Waals surface area contributed by atoms with Gasteiger partial charge in [-0.15, -0.1) is 0 Å². The molecule has 0 spiro atoms. The van der Waals surface area contributed by atoms with Crippen LogP contribution < -0.4 is 10.1 Å². The lowest BCUT2D eigenvalue weighted by atomic mass is 9.97.